The third-order valence-electron chi connectivity index (χ3n) is 6.19. The zero-order valence-electron chi connectivity index (χ0n) is 19.0. The maximum Gasteiger partial charge on any atom is 0.244 e. The lowest BCUT2D eigenvalue weighted by atomic mass is 10.0. The van der Waals surface area contributed by atoms with Gasteiger partial charge in [0.15, 0.2) is 0 Å². The lowest BCUT2D eigenvalue weighted by Gasteiger charge is -2.29. The number of nitrogens with two attached hydrogens (primary N) is 1. The minimum atomic E-state index is -0.786. The highest BCUT2D eigenvalue weighted by atomic mass is 16.5. The van der Waals surface area contributed by atoms with E-state index >= 15 is 0 Å². The first-order valence-corrected chi connectivity index (χ1v) is 11.4. The van der Waals surface area contributed by atoms with Gasteiger partial charge < -0.3 is 20.1 Å². The van der Waals surface area contributed by atoms with Gasteiger partial charge in [-0.1, -0.05) is 6.07 Å². The van der Waals surface area contributed by atoms with Crippen LogP contribution < -0.4 is 10.5 Å². The van der Waals surface area contributed by atoms with Crippen molar-refractivity contribution in [1.29, 1.82) is 5.26 Å². The lowest BCUT2D eigenvalue weighted by molar-refractivity contribution is -0.136. The molecule has 1 unspecified atom stereocenters. The molecule has 2 N–H and O–H groups in total. The minimum Gasteiger partial charge on any atom is -0.439 e. The van der Waals surface area contributed by atoms with Crippen molar-refractivity contribution in [1.82, 2.24) is 19.7 Å². The molecule has 1 atom stereocenters. The molecule has 1 aliphatic heterocycles. The zero-order valence-corrected chi connectivity index (χ0v) is 19.0. The Morgan fingerprint density at radius 3 is 2.71 bits per heavy atom. The molecule has 9 heteroatoms. The number of carbonyl (C=O) groups excluding carboxylic acids is 1. The second-order valence-electron chi connectivity index (χ2n) is 8.62. The summed E-state index contributed by atoms with van der Waals surface area (Å²) in [4.78, 5) is 19.0. The van der Waals surface area contributed by atoms with E-state index in [0.717, 1.165) is 24.1 Å². The van der Waals surface area contributed by atoms with Crippen LogP contribution in [-0.2, 0) is 16.6 Å². The lowest BCUT2D eigenvalue weighted by Crippen LogP contribution is -2.45. The molecular weight excluding hydrogens is 432 g/mol. The molecule has 1 saturated heterocycles. The third kappa shape index (κ3) is 4.51. The van der Waals surface area contributed by atoms with Gasteiger partial charge in [-0.2, -0.15) is 10.4 Å². The fourth-order valence-corrected chi connectivity index (χ4v) is 4.02. The minimum absolute atomic E-state index is 0.136. The van der Waals surface area contributed by atoms with Crippen molar-refractivity contribution >= 4 is 5.91 Å². The molecule has 34 heavy (non-hydrogen) atoms. The molecule has 1 aromatic carbocycles. The Morgan fingerprint density at radius 1 is 1.24 bits per heavy atom. The predicted molar refractivity (Wildman–Crippen MR) is 124 cm³/mol. The highest BCUT2D eigenvalue weighted by Crippen LogP contribution is 2.41. The second kappa shape index (κ2) is 9.25. The van der Waals surface area contributed by atoms with Crippen LogP contribution in [0.5, 0.6) is 11.6 Å². The normalized spacial score (nSPS) is 16.7. The Bertz CT molecular complexity index is 1240. The van der Waals surface area contributed by atoms with Gasteiger partial charge in [-0.15, -0.1) is 0 Å². The predicted octanol–water partition coefficient (Wildman–Crippen LogP) is 2.88. The number of nitrogens with zero attached hydrogens (tertiary/aromatic N) is 5. The summed E-state index contributed by atoms with van der Waals surface area (Å²) < 4.78 is 13.2. The monoisotopic (exact) mass is 458 g/mol. The fourth-order valence-electron chi connectivity index (χ4n) is 4.02. The number of ether oxygens (including phenoxy) is 2. The number of pyridine rings is 1. The summed E-state index contributed by atoms with van der Waals surface area (Å²) in [6.45, 7) is 2.13. The summed E-state index contributed by atoms with van der Waals surface area (Å²) in [7, 11) is 1.84. The van der Waals surface area contributed by atoms with E-state index in [-0.39, 0.29) is 5.91 Å². The van der Waals surface area contributed by atoms with Gasteiger partial charge in [0.05, 0.1) is 36.2 Å². The summed E-state index contributed by atoms with van der Waals surface area (Å²) in [5, 5.41) is 13.9. The average molecular weight is 459 g/mol. The molecule has 174 valence electrons. The number of morpholine rings is 1. The van der Waals surface area contributed by atoms with Crippen molar-refractivity contribution < 1.29 is 14.3 Å². The summed E-state index contributed by atoms with van der Waals surface area (Å²) in [5.74, 6) is 1.49. The van der Waals surface area contributed by atoms with E-state index in [1.165, 1.54) is 0 Å². The zero-order chi connectivity index (χ0) is 23.7. The van der Waals surface area contributed by atoms with E-state index in [1.54, 1.807) is 27.9 Å². The molecule has 2 aliphatic rings. The second-order valence-corrected chi connectivity index (χ2v) is 8.62. The quantitative estimate of drug-likeness (QED) is 0.603. The van der Waals surface area contributed by atoms with Crippen LogP contribution >= 0.6 is 0 Å². The Morgan fingerprint density at radius 2 is 2.03 bits per heavy atom. The molecule has 3 aromatic rings. The van der Waals surface area contributed by atoms with Gasteiger partial charge in [-0.25, -0.2) is 4.68 Å². The molecule has 2 fully saturated rings. The van der Waals surface area contributed by atoms with Gasteiger partial charge in [-0.05, 0) is 42.7 Å². The van der Waals surface area contributed by atoms with Crippen molar-refractivity contribution in [3.63, 3.8) is 0 Å². The highest BCUT2D eigenvalue weighted by Gasteiger charge is 2.28. The van der Waals surface area contributed by atoms with Gasteiger partial charge in [0, 0.05) is 43.9 Å². The van der Waals surface area contributed by atoms with Crippen LogP contribution in [0.2, 0.25) is 0 Å². The Balaban J connectivity index is 1.40. The van der Waals surface area contributed by atoms with Crippen molar-refractivity contribution in [3.05, 3.63) is 59.4 Å². The number of benzene rings is 1. The van der Waals surface area contributed by atoms with E-state index in [4.69, 9.17) is 15.2 Å². The number of nitriles is 1. The summed E-state index contributed by atoms with van der Waals surface area (Å²) >= 11 is 0. The number of amides is 1. The van der Waals surface area contributed by atoms with E-state index < -0.39 is 6.04 Å². The molecular formula is C25H26N6O3. The highest BCUT2D eigenvalue weighted by molar-refractivity contribution is 5.83. The van der Waals surface area contributed by atoms with E-state index in [1.807, 2.05) is 31.3 Å². The van der Waals surface area contributed by atoms with Gasteiger partial charge in [0.2, 0.25) is 11.8 Å². The van der Waals surface area contributed by atoms with Gasteiger partial charge in [0.1, 0.15) is 11.8 Å². The summed E-state index contributed by atoms with van der Waals surface area (Å²) in [6.07, 6.45) is 3.92. The third-order valence-corrected chi connectivity index (χ3v) is 6.19. The molecule has 1 aliphatic carbocycles. The molecule has 0 bridgehead atoms. The van der Waals surface area contributed by atoms with Crippen LogP contribution in [0, 0.1) is 11.3 Å². The number of rotatable bonds is 6. The maximum atomic E-state index is 12.7. The number of aromatic nitrogens is 3. The van der Waals surface area contributed by atoms with Crippen molar-refractivity contribution in [2.45, 2.75) is 24.8 Å². The van der Waals surface area contributed by atoms with Crippen LogP contribution in [0.25, 0.3) is 11.3 Å². The standard InChI is InChI=1S/C25H26N6O3/c1-30-23(13-21(29-30)17-3-4-17)34-22-12-16(14-26)2-6-19(22)20-7-5-18(15-28-20)24(27)25(32)31-8-10-33-11-9-31/h2,5-7,12-13,15,17,24H,3-4,8-11,27H2,1H3. The Labute approximate surface area is 197 Å². The number of hydrogen-bond acceptors (Lipinski definition) is 7. The Kier molecular flexibility index (Phi) is 6.01. The summed E-state index contributed by atoms with van der Waals surface area (Å²) in [6, 6.07) is 12.2. The number of hydrogen-bond donors (Lipinski definition) is 1. The molecule has 0 spiro atoms. The first-order chi connectivity index (χ1) is 16.5. The smallest absolute Gasteiger partial charge is 0.244 e. The first kappa shape index (κ1) is 22.1. The number of carbonyl (C=O) groups is 1. The molecule has 5 rings (SSSR count). The van der Waals surface area contributed by atoms with Crippen molar-refractivity contribution in [2.24, 2.45) is 12.8 Å². The van der Waals surface area contributed by atoms with E-state index in [9.17, 15) is 10.1 Å². The van der Waals surface area contributed by atoms with Crippen LogP contribution in [0.15, 0.2) is 42.6 Å². The molecule has 0 radical (unpaired) electrons. The van der Waals surface area contributed by atoms with Crippen molar-refractivity contribution in [2.75, 3.05) is 26.3 Å². The van der Waals surface area contributed by atoms with Gasteiger partial charge in [-0.3, -0.25) is 9.78 Å². The molecule has 3 heterocycles. The van der Waals surface area contributed by atoms with Crippen LogP contribution in [0.1, 0.15) is 41.6 Å². The summed E-state index contributed by atoms with van der Waals surface area (Å²) in [5.41, 5.74) is 9.76. The fraction of sp³-hybridized carbons (Fsp3) is 0.360. The van der Waals surface area contributed by atoms with E-state index in [0.29, 0.717) is 60.7 Å². The van der Waals surface area contributed by atoms with Crippen LogP contribution in [0.4, 0.5) is 0 Å². The van der Waals surface area contributed by atoms with Crippen molar-refractivity contribution in [3.8, 4) is 29.0 Å². The average Bonchev–Trinajstić information content (AvgIpc) is 3.67. The number of aryl methyl sites for hydroxylation is 1. The molecule has 1 saturated carbocycles. The van der Waals surface area contributed by atoms with E-state index in [2.05, 4.69) is 16.2 Å². The van der Waals surface area contributed by atoms with Gasteiger partial charge >= 0.3 is 0 Å². The SMILES string of the molecule is Cn1nc(C2CC2)cc1Oc1cc(C#N)ccc1-c1ccc(C(N)C(=O)N2CCOCC2)cn1. The molecule has 9 nitrogen and oxygen atoms in total. The molecule has 1 amide bonds. The Hall–Kier alpha value is -3.74. The first-order valence-electron chi connectivity index (χ1n) is 11.4. The maximum absolute atomic E-state index is 12.7. The van der Waals surface area contributed by atoms with Crippen LogP contribution in [-0.4, -0.2) is 51.9 Å². The van der Waals surface area contributed by atoms with Gasteiger partial charge in [0.25, 0.3) is 0 Å². The topological polar surface area (TPSA) is 119 Å². The largest absolute Gasteiger partial charge is 0.439 e. The van der Waals surface area contributed by atoms with Crippen LogP contribution in [0.3, 0.4) is 0 Å². The molecule has 2 aromatic heterocycles.